The molecular formula is C18H12ClF3N4O2. The Balaban J connectivity index is 1.62. The Bertz CT molecular complexity index is 1140. The maximum absolute atomic E-state index is 12.6. The molecule has 0 bridgehead atoms. The minimum Gasteiger partial charge on any atom is -0.464 e. The molecule has 0 aliphatic heterocycles. The van der Waals surface area contributed by atoms with Crippen molar-refractivity contribution in [3.63, 3.8) is 0 Å². The Kier molecular flexibility index (Phi) is 4.46. The SMILES string of the molecule is CC(Oc1ncc(-c2nc(-c3cccc4[nH]ccc34)no2)cc1Cl)C(F)(F)F. The number of nitrogens with zero attached hydrogens (tertiary/aromatic N) is 3. The van der Waals surface area contributed by atoms with Gasteiger partial charge in [-0.25, -0.2) is 4.98 Å². The van der Waals surface area contributed by atoms with Crippen molar-refractivity contribution in [2.75, 3.05) is 0 Å². The van der Waals surface area contributed by atoms with E-state index in [0.29, 0.717) is 11.4 Å². The number of pyridine rings is 1. The first-order chi connectivity index (χ1) is 13.3. The van der Waals surface area contributed by atoms with Crippen molar-refractivity contribution in [3.05, 3.63) is 47.7 Å². The molecular weight excluding hydrogens is 397 g/mol. The van der Waals surface area contributed by atoms with Crippen molar-refractivity contribution in [1.29, 1.82) is 0 Å². The molecule has 3 aromatic heterocycles. The van der Waals surface area contributed by atoms with Gasteiger partial charge in [0.2, 0.25) is 11.7 Å². The summed E-state index contributed by atoms with van der Waals surface area (Å²) in [5.41, 5.74) is 2.05. The first-order valence-corrected chi connectivity index (χ1v) is 8.50. The van der Waals surface area contributed by atoms with Crippen LogP contribution in [0.5, 0.6) is 5.88 Å². The van der Waals surface area contributed by atoms with Crippen LogP contribution in [-0.4, -0.2) is 32.4 Å². The number of alkyl halides is 3. The van der Waals surface area contributed by atoms with E-state index >= 15 is 0 Å². The van der Waals surface area contributed by atoms with Gasteiger partial charge in [-0.2, -0.15) is 18.2 Å². The molecule has 6 nitrogen and oxygen atoms in total. The summed E-state index contributed by atoms with van der Waals surface area (Å²) in [5, 5.41) is 4.80. The molecule has 4 rings (SSSR count). The molecule has 0 saturated heterocycles. The summed E-state index contributed by atoms with van der Waals surface area (Å²) in [5.74, 6) is 0.168. The second-order valence-corrected chi connectivity index (χ2v) is 6.39. The topological polar surface area (TPSA) is 76.8 Å². The number of fused-ring (bicyclic) bond motifs is 1. The molecule has 1 atom stereocenters. The molecule has 0 spiro atoms. The highest BCUT2D eigenvalue weighted by molar-refractivity contribution is 6.32. The Labute approximate surface area is 161 Å². The zero-order valence-corrected chi connectivity index (χ0v) is 15.0. The van der Waals surface area contributed by atoms with Gasteiger partial charge in [-0.15, -0.1) is 0 Å². The van der Waals surface area contributed by atoms with Crippen LogP contribution >= 0.6 is 11.6 Å². The fraction of sp³-hybridized carbons (Fsp3) is 0.167. The molecule has 0 saturated carbocycles. The summed E-state index contributed by atoms with van der Waals surface area (Å²) in [6, 6.07) is 8.89. The Morgan fingerprint density at radius 3 is 2.82 bits per heavy atom. The van der Waals surface area contributed by atoms with Crippen molar-refractivity contribution in [2.45, 2.75) is 19.2 Å². The number of rotatable bonds is 4. The number of benzene rings is 1. The lowest BCUT2D eigenvalue weighted by molar-refractivity contribution is -0.189. The van der Waals surface area contributed by atoms with Gasteiger partial charge < -0.3 is 14.2 Å². The Hall–Kier alpha value is -3.07. The van der Waals surface area contributed by atoms with E-state index in [1.807, 2.05) is 24.3 Å². The van der Waals surface area contributed by atoms with Crippen LogP contribution in [0.15, 0.2) is 47.2 Å². The normalized spacial score (nSPS) is 13.0. The van der Waals surface area contributed by atoms with E-state index in [1.165, 1.54) is 12.3 Å². The number of hydrogen-bond acceptors (Lipinski definition) is 5. The lowest BCUT2D eigenvalue weighted by atomic mass is 10.1. The van der Waals surface area contributed by atoms with Gasteiger partial charge in [0.15, 0.2) is 6.10 Å². The van der Waals surface area contributed by atoms with E-state index in [-0.39, 0.29) is 16.8 Å². The zero-order chi connectivity index (χ0) is 19.9. The first kappa shape index (κ1) is 18.3. The summed E-state index contributed by atoms with van der Waals surface area (Å²) in [6.07, 6.45) is -3.50. The molecule has 3 heterocycles. The molecule has 144 valence electrons. The average molecular weight is 409 g/mol. The van der Waals surface area contributed by atoms with Crippen LogP contribution in [0.3, 0.4) is 0 Å². The maximum Gasteiger partial charge on any atom is 0.425 e. The van der Waals surface area contributed by atoms with Crippen LogP contribution < -0.4 is 4.74 Å². The lowest BCUT2D eigenvalue weighted by Gasteiger charge is -2.17. The third-order valence-corrected chi connectivity index (χ3v) is 4.34. The summed E-state index contributed by atoms with van der Waals surface area (Å²) in [6.45, 7) is 0.873. The predicted octanol–water partition coefficient (Wildman–Crippen LogP) is 5.26. The molecule has 10 heteroatoms. The fourth-order valence-corrected chi connectivity index (χ4v) is 2.80. The standard InChI is InChI=1S/C18H12ClF3N4O2/c1-9(18(20,21)22)27-17-13(19)7-10(8-24-17)16-25-15(26-28-16)12-3-2-4-14-11(12)5-6-23-14/h2-9,23H,1H3. The number of ether oxygens (including phenoxy) is 1. The number of nitrogens with one attached hydrogen (secondary N) is 1. The number of halogens is 4. The molecule has 0 aliphatic carbocycles. The van der Waals surface area contributed by atoms with E-state index in [1.54, 1.807) is 6.20 Å². The van der Waals surface area contributed by atoms with Crippen LogP contribution in [0.2, 0.25) is 5.02 Å². The van der Waals surface area contributed by atoms with Gasteiger partial charge in [0.1, 0.15) is 5.02 Å². The summed E-state index contributed by atoms with van der Waals surface area (Å²) < 4.78 is 47.9. The van der Waals surface area contributed by atoms with Gasteiger partial charge in [-0.05, 0) is 25.1 Å². The summed E-state index contributed by atoms with van der Waals surface area (Å²) >= 11 is 6.01. The van der Waals surface area contributed by atoms with Gasteiger partial charge >= 0.3 is 6.18 Å². The third kappa shape index (κ3) is 3.40. The summed E-state index contributed by atoms with van der Waals surface area (Å²) in [4.78, 5) is 11.3. The van der Waals surface area contributed by atoms with Crippen LogP contribution in [0.25, 0.3) is 33.7 Å². The van der Waals surface area contributed by atoms with Gasteiger partial charge in [0.05, 0.1) is 5.56 Å². The highest BCUT2D eigenvalue weighted by atomic mass is 35.5. The molecule has 1 aromatic carbocycles. The van der Waals surface area contributed by atoms with E-state index in [0.717, 1.165) is 23.4 Å². The van der Waals surface area contributed by atoms with E-state index < -0.39 is 12.3 Å². The molecule has 0 amide bonds. The van der Waals surface area contributed by atoms with E-state index in [9.17, 15) is 13.2 Å². The van der Waals surface area contributed by atoms with Crippen LogP contribution in [0.4, 0.5) is 13.2 Å². The molecule has 1 N–H and O–H groups in total. The summed E-state index contributed by atoms with van der Waals surface area (Å²) in [7, 11) is 0. The van der Waals surface area contributed by atoms with Crippen LogP contribution in [0.1, 0.15) is 6.92 Å². The maximum atomic E-state index is 12.6. The van der Waals surface area contributed by atoms with Crippen molar-refractivity contribution in [2.24, 2.45) is 0 Å². The quantitative estimate of drug-likeness (QED) is 0.498. The largest absolute Gasteiger partial charge is 0.464 e. The van der Waals surface area contributed by atoms with Gasteiger partial charge in [0.25, 0.3) is 5.89 Å². The van der Waals surface area contributed by atoms with Gasteiger partial charge in [-0.3, -0.25) is 0 Å². The van der Waals surface area contributed by atoms with E-state index in [4.69, 9.17) is 20.9 Å². The smallest absolute Gasteiger partial charge is 0.425 e. The zero-order valence-electron chi connectivity index (χ0n) is 14.3. The van der Waals surface area contributed by atoms with Gasteiger partial charge in [-0.1, -0.05) is 28.9 Å². The highest BCUT2D eigenvalue weighted by Crippen LogP contribution is 2.32. The van der Waals surface area contributed by atoms with E-state index in [2.05, 4.69) is 20.1 Å². The van der Waals surface area contributed by atoms with Crippen LogP contribution in [-0.2, 0) is 0 Å². The molecule has 0 aliphatic rings. The second kappa shape index (κ2) is 6.83. The molecule has 0 fully saturated rings. The van der Waals surface area contributed by atoms with Crippen molar-refractivity contribution in [3.8, 4) is 28.7 Å². The number of hydrogen-bond donors (Lipinski definition) is 1. The van der Waals surface area contributed by atoms with Gasteiger partial charge in [0, 0.05) is 28.9 Å². The minimum atomic E-state index is -4.52. The molecule has 1 unspecified atom stereocenters. The highest BCUT2D eigenvalue weighted by Gasteiger charge is 2.38. The number of aromatic nitrogens is 4. The average Bonchev–Trinajstić information content (AvgIpc) is 3.31. The predicted molar refractivity (Wildman–Crippen MR) is 96.0 cm³/mol. The van der Waals surface area contributed by atoms with Crippen LogP contribution in [0, 0.1) is 0 Å². The van der Waals surface area contributed by atoms with Crippen molar-refractivity contribution in [1.82, 2.24) is 20.1 Å². The second-order valence-electron chi connectivity index (χ2n) is 5.98. The van der Waals surface area contributed by atoms with Crippen molar-refractivity contribution >= 4 is 22.5 Å². The number of H-pyrrole nitrogens is 1. The molecule has 0 radical (unpaired) electrons. The molecule has 4 aromatic rings. The monoisotopic (exact) mass is 408 g/mol. The Morgan fingerprint density at radius 2 is 2.07 bits per heavy atom. The van der Waals surface area contributed by atoms with Crippen molar-refractivity contribution < 1.29 is 22.4 Å². The molecule has 28 heavy (non-hydrogen) atoms. The third-order valence-electron chi connectivity index (χ3n) is 4.07. The lowest BCUT2D eigenvalue weighted by Crippen LogP contribution is -2.31. The fourth-order valence-electron chi connectivity index (χ4n) is 2.59. The Morgan fingerprint density at radius 1 is 1.25 bits per heavy atom. The number of aromatic amines is 1. The first-order valence-electron chi connectivity index (χ1n) is 8.12. The minimum absolute atomic E-state index is 0.0962.